The number of aliphatic hydroxyl groups excluding tert-OH is 1. The third-order valence-electron chi connectivity index (χ3n) is 2.74. The van der Waals surface area contributed by atoms with Crippen LogP contribution in [0.3, 0.4) is 0 Å². The Balaban J connectivity index is 2.25. The number of rotatable bonds is 3. The molecule has 1 aromatic heterocycles. The van der Waals surface area contributed by atoms with Gasteiger partial charge in [0, 0.05) is 22.4 Å². The van der Waals surface area contributed by atoms with Crippen molar-refractivity contribution in [3.63, 3.8) is 0 Å². The summed E-state index contributed by atoms with van der Waals surface area (Å²) in [6.45, 7) is 0.0576. The number of aryl methyl sites for hydroxylation is 1. The molecule has 1 atom stereocenters. The fourth-order valence-corrected chi connectivity index (χ4v) is 4.68. The molecule has 0 aromatic carbocycles. The van der Waals surface area contributed by atoms with E-state index in [-0.39, 0.29) is 24.2 Å². The molecule has 0 aliphatic carbocycles. The van der Waals surface area contributed by atoms with Crippen LogP contribution in [0.5, 0.6) is 0 Å². The molecule has 0 saturated heterocycles. The molecule has 4 nitrogen and oxygen atoms in total. The van der Waals surface area contributed by atoms with E-state index < -0.39 is 9.84 Å². The number of hydrogen-bond acceptors (Lipinski definition) is 5. The van der Waals surface area contributed by atoms with E-state index in [2.05, 4.69) is 0 Å². The summed E-state index contributed by atoms with van der Waals surface area (Å²) < 4.78 is 22.9. The molecule has 3 N–H and O–H groups in total. The summed E-state index contributed by atoms with van der Waals surface area (Å²) >= 11 is 1.58. The van der Waals surface area contributed by atoms with Crippen LogP contribution in [0.4, 0.5) is 0 Å². The molecule has 1 aliphatic rings. The smallest absolute Gasteiger partial charge is 0.154 e. The molecular weight excluding hydrogens is 246 g/mol. The normalized spacial score (nSPS) is 20.4. The van der Waals surface area contributed by atoms with E-state index in [9.17, 15) is 8.42 Å². The Morgan fingerprint density at radius 3 is 3.00 bits per heavy atom. The van der Waals surface area contributed by atoms with E-state index in [1.54, 1.807) is 11.3 Å². The molecule has 1 aromatic rings. The molecule has 0 amide bonds. The predicted molar refractivity (Wildman–Crippen MR) is 64.1 cm³/mol. The van der Waals surface area contributed by atoms with Gasteiger partial charge < -0.3 is 10.8 Å². The van der Waals surface area contributed by atoms with Crippen LogP contribution in [0.15, 0.2) is 6.07 Å². The van der Waals surface area contributed by atoms with Crippen molar-refractivity contribution in [2.75, 3.05) is 12.4 Å². The zero-order chi connectivity index (χ0) is 11.8. The van der Waals surface area contributed by atoms with Crippen LogP contribution in [-0.4, -0.2) is 25.9 Å². The summed E-state index contributed by atoms with van der Waals surface area (Å²) in [4.78, 5) is 2.12. The second kappa shape index (κ2) is 4.44. The number of nitrogens with two attached hydrogens (primary N) is 1. The first-order valence-electron chi connectivity index (χ1n) is 5.20. The van der Waals surface area contributed by atoms with Crippen molar-refractivity contribution in [3.05, 3.63) is 21.4 Å². The summed E-state index contributed by atoms with van der Waals surface area (Å²) in [6.07, 6.45) is 1.13. The average molecular weight is 261 g/mol. The van der Waals surface area contributed by atoms with Crippen LogP contribution in [0.25, 0.3) is 0 Å². The number of sulfone groups is 1. The van der Waals surface area contributed by atoms with E-state index in [1.165, 1.54) is 0 Å². The van der Waals surface area contributed by atoms with Crippen LogP contribution in [0.1, 0.15) is 27.8 Å². The third kappa shape index (κ3) is 2.45. The minimum Gasteiger partial charge on any atom is -0.396 e. The lowest BCUT2D eigenvalue weighted by Crippen LogP contribution is -2.16. The van der Waals surface area contributed by atoms with Crippen molar-refractivity contribution in [1.29, 1.82) is 0 Å². The molecule has 1 unspecified atom stereocenters. The Kier molecular flexibility index (Phi) is 3.34. The van der Waals surface area contributed by atoms with E-state index in [1.807, 2.05) is 6.07 Å². The van der Waals surface area contributed by atoms with Gasteiger partial charge in [-0.05, 0) is 24.5 Å². The molecule has 0 radical (unpaired) electrons. The second-order valence-corrected chi connectivity index (χ2v) is 7.41. The van der Waals surface area contributed by atoms with Gasteiger partial charge in [-0.25, -0.2) is 8.42 Å². The second-order valence-electron chi connectivity index (χ2n) is 4.06. The van der Waals surface area contributed by atoms with Gasteiger partial charge in [-0.2, -0.15) is 0 Å². The Morgan fingerprint density at radius 1 is 1.56 bits per heavy atom. The maximum Gasteiger partial charge on any atom is 0.154 e. The van der Waals surface area contributed by atoms with Gasteiger partial charge in [-0.15, -0.1) is 11.3 Å². The maximum absolute atomic E-state index is 11.5. The van der Waals surface area contributed by atoms with Crippen molar-refractivity contribution in [2.24, 2.45) is 5.73 Å². The van der Waals surface area contributed by atoms with Gasteiger partial charge >= 0.3 is 0 Å². The largest absolute Gasteiger partial charge is 0.396 e. The fraction of sp³-hybridized carbons (Fsp3) is 0.600. The first-order valence-corrected chi connectivity index (χ1v) is 7.84. The lowest BCUT2D eigenvalue weighted by Gasteiger charge is -2.10. The highest BCUT2D eigenvalue weighted by Crippen LogP contribution is 2.32. The molecule has 16 heavy (non-hydrogen) atoms. The monoisotopic (exact) mass is 261 g/mol. The van der Waals surface area contributed by atoms with E-state index in [0.717, 1.165) is 15.3 Å². The minimum absolute atomic E-state index is 0.0576. The van der Waals surface area contributed by atoms with Crippen molar-refractivity contribution in [2.45, 2.75) is 24.6 Å². The highest BCUT2D eigenvalue weighted by atomic mass is 32.2. The maximum atomic E-state index is 11.5. The number of aliphatic hydroxyl groups is 1. The molecule has 2 rings (SSSR count). The average Bonchev–Trinajstić information content (AvgIpc) is 2.59. The zero-order valence-corrected chi connectivity index (χ0v) is 10.5. The van der Waals surface area contributed by atoms with Crippen LogP contribution in [0, 0.1) is 0 Å². The number of thiophene rings is 1. The summed E-state index contributed by atoms with van der Waals surface area (Å²) in [6, 6.07) is 1.71. The molecule has 2 heterocycles. The van der Waals surface area contributed by atoms with Gasteiger partial charge in [-0.3, -0.25) is 0 Å². The van der Waals surface area contributed by atoms with Crippen molar-refractivity contribution in [1.82, 2.24) is 0 Å². The van der Waals surface area contributed by atoms with Crippen molar-refractivity contribution in [3.8, 4) is 0 Å². The SMILES string of the molecule is NC(CCO)c1cc2c(s1)CCS(=O)(=O)C2. The van der Waals surface area contributed by atoms with Gasteiger partial charge in [-0.1, -0.05) is 0 Å². The van der Waals surface area contributed by atoms with Gasteiger partial charge in [0.1, 0.15) is 0 Å². The molecule has 1 aliphatic heterocycles. The predicted octanol–water partition coefficient (Wildman–Crippen LogP) is 0.601. The lowest BCUT2D eigenvalue weighted by atomic mass is 10.1. The van der Waals surface area contributed by atoms with Gasteiger partial charge in [0.25, 0.3) is 0 Å². The lowest BCUT2D eigenvalue weighted by molar-refractivity contribution is 0.277. The fourth-order valence-electron chi connectivity index (χ4n) is 1.84. The van der Waals surface area contributed by atoms with Crippen LogP contribution in [-0.2, 0) is 22.0 Å². The molecule has 0 spiro atoms. The van der Waals surface area contributed by atoms with E-state index >= 15 is 0 Å². The summed E-state index contributed by atoms with van der Waals surface area (Å²) in [5.41, 5.74) is 6.79. The first kappa shape index (κ1) is 12.0. The van der Waals surface area contributed by atoms with Crippen molar-refractivity contribution >= 4 is 21.2 Å². The quantitative estimate of drug-likeness (QED) is 0.835. The van der Waals surface area contributed by atoms with E-state index in [4.69, 9.17) is 10.8 Å². The first-order chi connectivity index (χ1) is 7.52. The third-order valence-corrected chi connectivity index (χ3v) is 5.68. The topological polar surface area (TPSA) is 80.4 Å². The molecule has 0 fully saturated rings. The Hall–Kier alpha value is -0.430. The summed E-state index contributed by atoms with van der Waals surface area (Å²) in [5.74, 6) is 0.389. The highest BCUT2D eigenvalue weighted by Gasteiger charge is 2.24. The van der Waals surface area contributed by atoms with Crippen LogP contribution in [0.2, 0.25) is 0 Å². The summed E-state index contributed by atoms with van der Waals surface area (Å²) in [7, 11) is -2.90. The van der Waals surface area contributed by atoms with Gasteiger partial charge in [0.15, 0.2) is 9.84 Å². The molecule has 6 heteroatoms. The number of fused-ring (bicyclic) bond motifs is 1. The van der Waals surface area contributed by atoms with Gasteiger partial charge in [0.2, 0.25) is 0 Å². The molecule has 0 saturated carbocycles. The van der Waals surface area contributed by atoms with Crippen LogP contribution < -0.4 is 5.73 Å². The minimum atomic E-state index is -2.90. The Morgan fingerprint density at radius 2 is 2.31 bits per heavy atom. The zero-order valence-electron chi connectivity index (χ0n) is 8.85. The molecule has 0 bridgehead atoms. The summed E-state index contributed by atoms with van der Waals surface area (Å²) in [5, 5.41) is 8.81. The van der Waals surface area contributed by atoms with E-state index in [0.29, 0.717) is 12.8 Å². The standard InChI is InChI=1S/C10H15NO3S2/c11-8(1-3-12)10-5-7-6-16(13,14)4-2-9(7)15-10/h5,8,12H,1-4,6,11H2. The van der Waals surface area contributed by atoms with Crippen LogP contribution >= 0.6 is 11.3 Å². The van der Waals surface area contributed by atoms with Crippen molar-refractivity contribution < 1.29 is 13.5 Å². The Bertz CT molecular complexity index is 478. The molecular formula is C10H15NO3S2. The number of hydrogen-bond donors (Lipinski definition) is 2. The highest BCUT2D eigenvalue weighted by molar-refractivity contribution is 7.90. The Labute approximate surface area is 99.0 Å². The van der Waals surface area contributed by atoms with Gasteiger partial charge in [0.05, 0.1) is 11.5 Å². The molecule has 90 valence electrons.